The second kappa shape index (κ2) is 4.58. The van der Waals surface area contributed by atoms with Crippen molar-refractivity contribution < 1.29 is 8.42 Å². The van der Waals surface area contributed by atoms with E-state index in [2.05, 4.69) is 5.32 Å². The van der Waals surface area contributed by atoms with Gasteiger partial charge in [-0.05, 0) is 35.2 Å². The van der Waals surface area contributed by atoms with Crippen molar-refractivity contribution in [2.24, 2.45) is 0 Å². The van der Waals surface area contributed by atoms with Crippen LogP contribution < -0.4 is 5.32 Å². The summed E-state index contributed by atoms with van der Waals surface area (Å²) >= 11 is 0. The third-order valence-electron chi connectivity index (χ3n) is 4.24. The molecule has 1 N–H and O–H groups in total. The lowest BCUT2D eigenvalue weighted by Gasteiger charge is -2.16. The van der Waals surface area contributed by atoms with E-state index in [0.717, 1.165) is 29.8 Å². The standard InChI is InChI=1S/C16H16N2O2S/c19-21(20,15-6-5-12-7-8-17-16(12)9-15)18-10-13-3-1-2-4-14(13)11-18/h1-6,9,17H,7-8,10-11H2. The van der Waals surface area contributed by atoms with Gasteiger partial charge in [0.25, 0.3) is 0 Å². The maximum Gasteiger partial charge on any atom is 0.243 e. The van der Waals surface area contributed by atoms with Crippen molar-refractivity contribution in [1.29, 1.82) is 0 Å². The average molecular weight is 300 g/mol. The summed E-state index contributed by atoms with van der Waals surface area (Å²) in [5, 5.41) is 3.24. The number of anilines is 1. The zero-order chi connectivity index (χ0) is 14.4. The summed E-state index contributed by atoms with van der Waals surface area (Å²) < 4.78 is 27.2. The number of benzene rings is 2. The molecule has 21 heavy (non-hydrogen) atoms. The molecule has 0 saturated heterocycles. The van der Waals surface area contributed by atoms with Crippen molar-refractivity contribution in [2.75, 3.05) is 11.9 Å². The Morgan fingerprint density at radius 3 is 2.38 bits per heavy atom. The minimum absolute atomic E-state index is 0.378. The molecule has 4 rings (SSSR count). The summed E-state index contributed by atoms with van der Waals surface area (Å²) in [4.78, 5) is 0.378. The number of fused-ring (bicyclic) bond motifs is 2. The Morgan fingerprint density at radius 2 is 1.67 bits per heavy atom. The minimum Gasteiger partial charge on any atom is -0.384 e. The van der Waals surface area contributed by atoms with Gasteiger partial charge in [-0.15, -0.1) is 0 Å². The van der Waals surface area contributed by atoms with Gasteiger partial charge in [0.15, 0.2) is 0 Å². The quantitative estimate of drug-likeness (QED) is 0.926. The first-order valence-corrected chi connectivity index (χ1v) is 8.52. The fourth-order valence-electron chi connectivity index (χ4n) is 3.05. The Hall–Kier alpha value is -1.85. The second-order valence-electron chi connectivity index (χ2n) is 5.54. The molecule has 5 heteroatoms. The van der Waals surface area contributed by atoms with E-state index in [-0.39, 0.29) is 0 Å². The van der Waals surface area contributed by atoms with Crippen LogP contribution in [-0.2, 0) is 29.5 Å². The van der Waals surface area contributed by atoms with Crippen LogP contribution in [-0.4, -0.2) is 19.3 Å². The third kappa shape index (κ3) is 2.04. The van der Waals surface area contributed by atoms with E-state index in [0.29, 0.717) is 18.0 Å². The second-order valence-corrected chi connectivity index (χ2v) is 7.48. The number of nitrogens with one attached hydrogen (secondary N) is 1. The maximum absolute atomic E-state index is 12.8. The Kier molecular flexibility index (Phi) is 2.80. The van der Waals surface area contributed by atoms with Crippen LogP contribution in [0, 0.1) is 0 Å². The Balaban J connectivity index is 1.69. The normalized spacial score (nSPS) is 17.3. The molecule has 0 aliphatic carbocycles. The van der Waals surface area contributed by atoms with Crippen molar-refractivity contribution >= 4 is 15.7 Å². The lowest BCUT2D eigenvalue weighted by molar-refractivity contribution is 0.431. The molecule has 2 aliphatic heterocycles. The molecule has 0 spiro atoms. The molecule has 0 saturated carbocycles. The van der Waals surface area contributed by atoms with Crippen molar-refractivity contribution in [3.8, 4) is 0 Å². The highest BCUT2D eigenvalue weighted by Crippen LogP contribution is 2.31. The molecule has 0 unspecified atom stereocenters. The lowest BCUT2D eigenvalue weighted by atomic mass is 10.1. The van der Waals surface area contributed by atoms with E-state index in [4.69, 9.17) is 0 Å². The van der Waals surface area contributed by atoms with Gasteiger partial charge in [0, 0.05) is 25.3 Å². The Bertz CT molecular complexity index is 790. The summed E-state index contributed by atoms with van der Waals surface area (Å²) in [5.74, 6) is 0. The Morgan fingerprint density at radius 1 is 0.952 bits per heavy atom. The molecule has 2 aliphatic rings. The monoisotopic (exact) mass is 300 g/mol. The van der Waals surface area contributed by atoms with Crippen LogP contribution in [0.2, 0.25) is 0 Å². The predicted octanol–water partition coefficient (Wildman–Crippen LogP) is 2.36. The highest BCUT2D eigenvalue weighted by atomic mass is 32.2. The molecule has 2 aromatic carbocycles. The van der Waals surface area contributed by atoms with Gasteiger partial charge in [-0.1, -0.05) is 30.3 Å². The van der Waals surface area contributed by atoms with Gasteiger partial charge in [-0.2, -0.15) is 4.31 Å². The van der Waals surface area contributed by atoms with E-state index in [9.17, 15) is 8.42 Å². The van der Waals surface area contributed by atoms with Crippen molar-refractivity contribution in [2.45, 2.75) is 24.4 Å². The van der Waals surface area contributed by atoms with Gasteiger partial charge < -0.3 is 5.32 Å². The van der Waals surface area contributed by atoms with Crippen LogP contribution in [0.15, 0.2) is 47.4 Å². The van der Waals surface area contributed by atoms with E-state index in [1.54, 1.807) is 16.4 Å². The minimum atomic E-state index is -3.43. The van der Waals surface area contributed by atoms with Crippen LogP contribution in [0.25, 0.3) is 0 Å². The zero-order valence-electron chi connectivity index (χ0n) is 11.5. The smallest absolute Gasteiger partial charge is 0.243 e. The fourth-order valence-corrected chi connectivity index (χ4v) is 4.47. The van der Waals surface area contributed by atoms with Gasteiger partial charge in [0.1, 0.15) is 0 Å². The number of hydrogen-bond acceptors (Lipinski definition) is 3. The van der Waals surface area contributed by atoms with E-state index >= 15 is 0 Å². The van der Waals surface area contributed by atoms with E-state index in [1.807, 2.05) is 30.3 Å². The van der Waals surface area contributed by atoms with Crippen molar-refractivity contribution in [1.82, 2.24) is 4.31 Å². The molecule has 0 bridgehead atoms. The van der Waals surface area contributed by atoms with Crippen LogP contribution in [0.5, 0.6) is 0 Å². The fraction of sp³-hybridized carbons (Fsp3) is 0.250. The summed E-state index contributed by atoms with van der Waals surface area (Å²) in [6.07, 6.45) is 0.963. The van der Waals surface area contributed by atoms with Gasteiger partial charge >= 0.3 is 0 Å². The summed E-state index contributed by atoms with van der Waals surface area (Å²) in [7, 11) is -3.43. The Labute approximate surface area is 124 Å². The first kappa shape index (κ1) is 12.9. The number of rotatable bonds is 2. The number of sulfonamides is 1. The molecule has 2 heterocycles. The molecule has 4 nitrogen and oxygen atoms in total. The van der Waals surface area contributed by atoms with Crippen LogP contribution >= 0.6 is 0 Å². The molecule has 0 atom stereocenters. The average Bonchev–Trinajstić information content (AvgIpc) is 3.13. The van der Waals surface area contributed by atoms with E-state index < -0.39 is 10.0 Å². The highest BCUT2D eigenvalue weighted by molar-refractivity contribution is 7.89. The van der Waals surface area contributed by atoms with Gasteiger partial charge in [-0.25, -0.2) is 8.42 Å². The third-order valence-corrected chi connectivity index (χ3v) is 6.03. The van der Waals surface area contributed by atoms with Crippen molar-refractivity contribution in [3.63, 3.8) is 0 Å². The van der Waals surface area contributed by atoms with Crippen LogP contribution in [0.4, 0.5) is 5.69 Å². The zero-order valence-corrected chi connectivity index (χ0v) is 12.4. The molecule has 108 valence electrons. The first-order valence-electron chi connectivity index (χ1n) is 7.08. The highest BCUT2D eigenvalue weighted by Gasteiger charge is 2.31. The van der Waals surface area contributed by atoms with Gasteiger partial charge in [0.2, 0.25) is 10.0 Å². The first-order chi connectivity index (χ1) is 10.1. The molecular formula is C16H16N2O2S. The molecule has 0 fully saturated rings. The van der Waals surface area contributed by atoms with Crippen LogP contribution in [0.1, 0.15) is 16.7 Å². The molecule has 0 amide bonds. The lowest BCUT2D eigenvalue weighted by Crippen LogP contribution is -2.25. The maximum atomic E-state index is 12.8. The summed E-state index contributed by atoms with van der Waals surface area (Å²) in [6.45, 7) is 1.81. The molecule has 0 radical (unpaired) electrons. The van der Waals surface area contributed by atoms with E-state index in [1.165, 1.54) is 5.56 Å². The van der Waals surface area contributed by atoms with Gasteiger partial charge in [0.05, 0.1) is 4.90 Å². The summed E-state index contributed by atoms with van der Waals surface area (Å²) in [6, 6.07) is 13.3. The molecule has 2 aromatic rings. The summed E-state index contributed by atoms with van der Waals surface area (Å²) in [5.41, 5.74) is 4.34. The predicted molar refractivity (Wildman–Crippen MR) is 81.5 cm³/mol. The SMILES string of the molecule is O=S(=O)(c1ccc2c(c1)NCC2)N1Cc2ccccc2C1. The topological polar surface area (TPSA) is 49.4 Å². The van der Waals surface area contributed by atoms with Gasteiger partial charge in [-0.3, -0.25) is 0 Å². The molecule has 0 aromatic heterocycles. The largest absolute Gasteiger partial charge is 0.384 e. The van der Waals surface area contributed by atoms with Crippen molar-refractivity contribution in [3.05, 3.63) is 59.2 Å². The molecular weight excluding hydrogens is 284 g/mol. The number of nitrogens with zero attached hydrogens (tertiary/aromatic N) is 1. The number of hydrogen-bond donors (Lipinski definition) is 1. The van der Waals surface area contributed by atoms with Crippen LogP contribution in [0.3, 0.4) is 0 Å².